The van der Waals surface area contributed by atoms with Crippen LogP contribution in [0.2, 0.25) is 0 Å². The summed E-state index contributed by atoms with van der Waals surface area (Å²) in [5, 5.41) is 10.9. The van der Waals surface area contributed by atoms with Gasteiger partial charge in [0.1, 0.15) is 11.4 Å². The number of ether oxygens (including phenoxy) is 1. The van der Waals surface area contributed by atoms with Crippen LogP contribution in [-0.2, 0) is 4.74 Å². The van der Waals surface area contributed by atoms with Gasteiger partial charge in [-0.1, -0.05) is 19.3 Å². The van der Waals surface area contributed by atoms with Gasteiger partial charge in [-0.05, 0) is 32.1 Å². The normalized spacial score (nSPS) is 24.8. The summed E-state index contributed by atoms with van der Waals surface area (Å²) in [4.78, 5) is 12.4. The Morgan fingerprint density at radius 3 is 2.96 bits per heavy atom. The van der Waals surface area contributed by atoms with Crippen LogP contribution in [0.4, 0.5) is 5.82 Å². The van der Waals surface area contributed by atoms with E-state index in [-0.39, 0.29) is 5.91 Å². The van der Waals surface area contributed by atoms with E-state index in [9.17, 15) is 4.79 Å². The minimum Gasteiger partial charge on any atom is -0.383 e. The van der Waals surface area contributed by atoms with Crippen molar-refractivity contribution in [2.75, 3.05) is 25.6 Å². The molecule has 2 heterocycles. The van der Waals surface area contributed by atoms with Crippen molar-refractivity contribution in [1.29, 1.82) is 0 Å². The van der Waals surface area contributed by atoms with Gasteiger partial charge in [-0.2, -0.15) is 5.10 Å². The molecule has 23 heavy (non-hydrogen) atoms. The third-order valence-corrected chi connectivity index (χ3v) is 5.19. The Morgan fingerprint density at radius 2 is 2.22 bits per heavy atom. The van der Waals surface area contributed by atoms with Crippen LogP contribution < -0.4 is 10.6 Å². The highest BCUT2D eigenvalue weighted by Gasteiger charge is 2.33. The van der Waals surface area contributed by atoms with E-state index in [0.717, 1.165) is 18.2 Å². The Bertz CT molecular complexity index is 537. The van der Waals surface area contributed by atoms with Crippen molar-refractivity contribution < 1.29 is 9.53 Å². The van der Waals surface area contributed by atoms with E-state index in [1.165, 1.54) is 32.1 Å². The zero-order valence-corrected chi connectivity index (χ0v) is 14.2. The van der Waals surface area contributed by atoms with Crippen molar-refractivity contribution >= 4 is 11.7 Å². The van der Waals surface area contributed by atoms with Crippen molar-refractivity contribution in [1.82, 2.24) is 15.1 Å². The first-order valence-electron chi connectivity index (χ1n) is 8.82. The summed E-state index contributed by atoms with van der Waals surface area (Å²) >= 11 is 0. The molecular weight excluding hydrogens is 292 g/mol. The van der Waals surface area contributed by atoms with Crippen LogP contribution in [0.3, 0.4) is 0 Å². The van der Waals surface area contributed by atoms with Crippen LogP contribution in [0.15, 0.2) is 6.20 Å². The van der Waals surface area contributed by atoms with Crippen molar-refractivity contribution in [2.45, 2.75) is 57.5 Å². The quantitative estimate of drug-likeness (QED) is 0.818. The number of aromatic nitrogens is 2. The topological polar surface area (TPSA) is 68.2 Å². The van der Waals surface area contributed by atoms with Crippen molar-refractivity contribution in [2.24, 2.45) is 5.92 Å². The van der Waals surface area contributed by atoms with Crippen LogP contribution in [0.1, 0.15) is 61.8 Å². The number of hydrogen-bond donors (Lipinski definition) is 2. The van der Waals surface area contributed by atoms with Crippen molar-refractivity contribution in [3.63, 3.8) is 0 Å². The van der Waals surface area contributed by atoms with Gasteiger partial charge in [0.25, 0.3) is 5.91 Å². The van der Waals surface area contributed by atoms with Gasteiger partial charge in [-0.3, -0.25) is 4.79 Å². The van der Waals surface area contributed by atoms with Crippen LogP contribution in [-0.4, -0.2) is 42.0 Å². The third kappa shape index (κ3) is 3.52. The lowest BCUT2D eigenvalue weighted by atomic mass is 9.81. The van der Waals surface area contributed by atoms with E-state index in [0.29, 0.717) is 30.8 Å². The zero-order valence-electron chi connectivity index (χ0n) is 14.2. The summed E-state index contributed by atoms with van der Waals surface area (Å²) < 4.78 is 6.95. The van der Waals surface area contributed by atoms with Gasteiger partial charge in [-0.15, -0.1) is 0 Å². The molecule has 1 aliphatic carbocycles. The summed E-state index contributed by atoms with van der Waals surface area (Å²) in [5.74, 6) is 1.53. The maximum Gasteiger partial charge on any atom is 0.256 e. The summed E-state index contributed by atoms with van der Waals surface area (Å²) in [6.45, 7) is 3.23. The lowest BCUT2D eigenvalue weighted by Crippen LogP contribution is -2.39. The molecule has 0 spiro atoms. The first-order chi connectivity index (χ1) is 11.2. The predicted molar refractivity (Wildman–Crippen MR) is 89.7 cm³/mol. The predicted octanol–water partition coefficient (Wildman–Crippen LogP) is 2.58. The molecule has 1 amide bonds. The number of nitrogens with one attached hydrogen (secondary N) is 2. The second kappa shape index (κ2) is 7.34. The van der Waals surface area contributed by atoms with Gasteiger partial charge < -0.3 is 15.4 Å². The second-order valence-electron chi connectivity index (χ2n) is 6.83. The van der Waals surface area contributed by atoms with Gasteiger partial charge in [-0.25, -0.2) is 4.68 Å². The fourth-order valence-corrected chi connectivity index (χ4v) is 3.92. The molecule has 1 fully saturated rings. The van der Waals surface area contributed by atoms with Gasteiger partial charge in [0.15, 0.2) is 0 Å². The summed E-state index contributed by atoms with van der Waals surface area (Å²) in [6.07, 6.45) is 9.40. The Kier molecular flexibility index (Phi) is 5.20. The SMILES string of the molecule is COCCNC(=O)c1cnn2c1NC(C1CCCCC1)CC2C. The number of hydrogen-bond acceptors (Lipinski definition) is 4. The van der Waals surface area contributed by atoms with Gasteiger partial charge >= 0.3 is 0 Å². The van der Waals surface area contributed by atoms with E-state index < -0.39 is 0 Å². The molecule has 1 aliphatic heterocycles. The summed E-state index contributed by atoms with van der Waals surface area (Å²) in [7, 11) is 1.63. The first kappa shape index (κ1) is 16.3. The molecule has 6 nitrogen and oxygen atoms in total. The van der Waals surface area contributed by atoms with Gasteiger partial charge in [0, 0.05) is 19.7 Å². The minimum absolute atomic E-state index is 0.0766. The molecule has 1 saturated carbocycles. The molecule has 6 heteroatoms. The van der Waals surface area contributed by atoms with Crippen LogP contribution in [0.25, 0.3) is 0 Å². The maximum atomic E-state index is 12.4. The van der Waals surface area contributed by atoms with Crippen molar-refractivity contribution in [3.05, 3.63) is 11.8 Å². The number of anilines is 1. The summed E-state index contributed by atoms with van der Waals surface area (Å²) in [6, 6.07) is 0.790. The van der Waals surface area contributed by atoms with E-state index in [1.54, 1.807) is 13.3 Å². The van der Waals surface area contributed by atoms with E-state index >= 15 is 0 Å². The fourth-order valence-electron chi connectivity index (χ4n) is 3.92. The molecule has 1 aromatic heterocycles. The average molecular weight is 320 g/mol. The molecule has 1 aromatic rings. The number of fused-ring (bicyclic) bond motifs is 1. The number of nitrogens with zero attached hydrogens (tertiary/aromatic N) is 2. The molecule has 2 N–H and O–H groups in total. The molecular formula is C17H28N4O2. The smallest absolute Gasteiger partial charge is 0.256 e. The lowest BCUT2D eigenvalue weighted by Gasteiger charge is -2.37. The molecule has 2 unspecified atom stereocenters. The Morgan fingerprint density at radius 1 is 1.43 bits per heavy atom. The second-order valence-corrected chi connectivity index (χ2v) is 6.83. The average Bonchev–Trinajstić information content (AvgIpc) is 3.00. The highest BCUT2D eigenvalue weighted by atomic mass is 16.5. The first-order valence-corrected chi connectivity index (χ1v) is 8.82. The molecule has 0 bridgehead atoms. The molecule has 0 aromatic carbocycles. The molecule has 2 atom stereocenters. The number of amides is 1. The molecule has 0 radical (unpaired) electrons. The minimum atomic E-state index is -0.0766. The Hall–Kier alpha value is -1.56. The maximum absolute atomic E-state index is 12.4. The molecule has 128 valence electrons. The lowest BCUT2D eigenvalue weighted by molar-refractivity contribution is 0.0937. The number of methoxy groups -OCH3 is 1. The zero-order chi connectivity index (χ0) is 16.2. The largest absolute Gasteiger partial charge is 0.383 e. The van der Waals surface area contributed by atoms with Crippen LogP contribution >= 0.6 is 0 Å². The van der Waals surface area contributed by atoms with Gasteiger partial charge in [0.05, 0.1) is 18.8 Å². The molecule has 2 aliphatic rings. The van der Waals surface area contributed by atoms with E-state index in [1.807, 2.05) is 4.68 Å². The third-order valence-electron chi connectivity index (χ3n) is 5.19. The standard InChI is InChI=1S/C17H28N4O2/c1-12-10-15(13-6-4-3-5-7-13)20-16-14(11-19-21(12)16)17(22)18-8-9-23-2/h11-13,15,20H,3-10H2,1-2H3,(H,18,22). The van der Waals surface area contributed by atoms with E-state index in [2.05, 4.69) is 22.7 Å². The number of rotatable bonds is 5. The van der Waals surface area contributed by atoms with E-state index in [4.69, 9.17) is 4.74 Å². The molecule has 3 rings (SSSR count). The van der Waals surface area contributed by atoms with Crippen LogP contribution in [0.5, 0.6) is 0 Å². The number of carbonyl (C=O) groups excluding carboxylic acids is 1. The number of carbonyl (C=O) groups is 1. The van der Waals surface area contributed by atoms with Crippen molar-refractivity contribution in [3.8, 4) is 0 Å². The molecule has 0 saturated heterocycles. The van der Waals surface area contributed by atoms with Crippen LogP contribution in [0, 0.1) is 5.92 Å². The van der Waals surface area contributed by atoms with Gasteiger partial charge in [0.2, 0.25) is 0 Å². The monoisotopic (exact) mass is 320 g/mol. The highest BCUT2D eigenvalue weighted by molar-refractivity contribution is 5.98. The highest BCUT2D eigenvalue weighted by Crippen LogP contribution is 2.36. The Labute approximate surface area is 138 Å². The summed E-state index contributed by atoms with van der Waals surface area (Å²) in [5.41, 5.74) is 0.647. The fraction of sp³-hybridized carbons (Fsp3) is 0.765. The Balaban J connectivity index is 1.73.